The summed E-state index contributed by atoms with van der Waals surface area (Å²) in [5.41, 5.74) is 0.550. The lowest BCUT2D eigenvalue weighted by atomic mass is 9.82. The van der Waals surface area contributed by atoms with Crippen LogP contribution in [-0.2, 0) is 19.6 Å². The second kappa shape index (κ2) is 10.6. The number of likely N-dealkylation sites (tertiary alicyclic amines) is 1. The summed E-state index contributed by atoms with van der Waals surface area (Å²) >= 11 is 0. The van der Waals surface area contributed by atoms with E-state index in [2.05, 4.69) is 9.46 Å². The van der Waals surface area contributed by atoms with Gasteiger partial charge in [0.2, 0.25) is 15.9 Å². The Bertz CT molecular complexity index is 991. The van der Waals surface area contributed by atoms with E-state index in [4.69, 9.17) is 4.74 Å². The van der Waals surface area contributed by atoms with E-state index >= 15 is 0 Å². The van der Waals surface area contributed by atoms with Gasteiger partial charge < -0.3 is 14.4 Å². The predicted molar refractivity (Wildman–Crippen MR) is 123 cm³/mol. The first-order valence-corrected chi connectivity index (χ1v) is 14.1. The number of halogens is 3. The summed E-state index contributed by atoms with van der Waals surface area (Å²) in [6, 6.07) is 5.49. The molecule has 196 valence electrons. The Labute approximate surface area is 204 Å². The zero-order chi connectivity index (χ0) is 25.2. The van der Waals surface area contributed by atoms with Gasteiger partial charge in [0.15, 0.2) is 0 Å². The summed E-state index contributed by atoms with van der Waals surface area (Å²) in [6.07, 6.45) is 2.03. The van der Waals surface area contributed by atoms with Crippen molar-refractivity contribution in [1.82, 2.24) is 9.62 Å². The highest BCUT2D eigenvalue weighted by Gasteiger charge is 2.42. The van der Waals surface area contributed by atoms with Gasteiger partial charge in [0.05, 0.1) is 25.0 Å². The molecular formula is C24H33F3N2O5S. The molecule has 1 saturated heterocycles. The molecule has 1 aromatic carbocycles. The first-order chi connectivity index (χ1) is 16.5. The average Bonchev–Trinajstić information content (AvgIpc) is 3.62. The molecule has 7 nitrogen and oxygen atoms in total. The highest BCUT2D eigenvalue weighted by Crippen LogP contribution is 2.40. The number of hydrogen-bond donors (Lipinski definition) is 1. The standard InChI is InChI=1S/C24H33F3N2O5S/c1-35(31,32)28-20-6-4-14-29(23(30)17-8-9-17)21(20)15-33-18-12-10-16(11-13-18)19-5-2-3-7-22(19)34-24(25,26)27/h2-3,5,7,16-18,20-21,28H,4,6,8-15H2,1H3/t16-,18+,20-,21-/m0/s1. The monoisotopic (exact) mass is 518 g/mol. The third-order valence-corrected chi connectivity index (χ3v) is 7.85. The fourth-order valence-corrected chi connectivity index (χ4v) is 6.15. The van der Waals surface area contributed by atoms with Crippen LogP contribution >= 0.6 is 0 Å². The molecule has 3 aliphatic rings. The molecule has 0 spiro atoms. The molecule has 11 heteroatoms. The summed E-state index contributed by atoms with van der Waals surface area (Å²) in [4.78, 5) is 14.7. The van der Waals surface area contributed by atoms with Gasteiger partial charge in [-0.1, -0.05) is 18.2 Å². The quantitative estimate of drug-likeness (QED) is 0.564. The Morgan fingerprint density at radius 1 is 1.09 bits per heavy atom. The number of carbonyl (C=O) groups excluding carboxylic acids is 1. The molecule has 2 aliphatic carbocycles. The molecule has 0 bridgehead atoms. The lowest BCUT2D eigenvalue weighted by Gasteiger charge is -2.42. The second-order valence-corrected chi connectivity index (χ2v) is 11.7. The SMILES string of the molecule is CS(=O)(=O)N[C@H]1CCCN(C(=O)C2CC2)[C@H]1CO[C@H]1CC[C@@H](c2ccccc2OC(F)(F)F)CC1. The molecule has 2 saturated carbocycles. The van der Waals surface area contributed by atoms with Gasteiger partial charge in [-0.25, -0.2) is 13.1 Å². The normalized spacial score (nSPS) is 28.1. The Hall–Kier alpha value is -1.85. The van der Waals surface area contributed by atoms with Crippen LogP contribution in [0, 0.1) is 5.92 Å². The maximum absolute atomic E-state index is 12.9. The van der Waals surface area contributed by atoms with Crippen molar-refractivity contribution < 1.29 is 35.9 Å². The van der Waals surface area contributed by atoms with Crippen LogP contribution in [-0.4, -0.2) is 63.2 Å². The topological polar surface area (TPSA) is 84.9 Å². The van der Waals surface area contributed by atoms with Crippen molar-refractivity contribution in [1.29, 1.82) is 0 Å². The zero-order valence-corrected chi connectivity index (χ0v) is 20.6. The van der Waals surface area contributed by atoms with Crippen molar-refractivity contribution in [2.45, 2.75) is 81.8 Å². The first kappa shape index (κ1) is 26.2. The molecule has 2 atom stereocenters. The van der Waals surface area contributed by atoms with Crippen LogP contribution in [0.5, 0.6) is 5.75 Å². The van der Waals surface area contributed by atoms with E-state index in [1.807, 2.05) is 0 Å². The summed E-state index contributed by atoms with van der Waals surface area (Å²) in [6.45, 7) is 0.822. The smallest absolute Gasteiger partial charge is 0.405 e. The third kappa shape index (κ3) is 7.33. The van der Waals surface area contributed by atoms with E-state index in [-0.39, 0.29) is 42.2 Å². The maximum Gasteiger partial charge on any atom is 0.573 e. The fourth-order valence-electron chi connectivity index (χ4n) is 5.32. The van der Waals surface area contributed by atoms with E-state index in [0.717, 1.165) is 25.5 Å². The van der Waals surface area contributed by atoms with Crippen molar-refractivity contribution in [2.24, 2.45) is 5.92 Å². The lowest BCUT2D eigenvalue weighted by molar-refractivity contribution is -0.275. The molecule has 1 N–H and O–H groups in total. The van der Waals surface area contributed by atoms with Crippen molar-refractivity contribution in [3.8, 4) is 5.75 Å². The minimum atomic E-state index is -4.74. The van der Waals surface area contributed by atoms with Gasteiger partial charge in [0.1, 0.15) is 5.75 Å². The van der Waals surface area contributed by atoms with Crippen molar-refractivity contribution >= 4 is 15.9 Å². The van der Waals surface area contributed by atoms with Crippen LogP contribution in [0.25, 0.3) is 0 Å². The molecule has 35 heavy (non-hydrogen) atoms. The van der Waals surface area contributed by atoms with Crippen LogP contribution in [0.15, 0.2) is 24.3 Å². The number of amides is 1. The number of nitrogens with zero attached hydrogens (tertiary/aromatic N) is 1. The van der Waals surface area contributed by atoms with Crippen LogP contribution in [0.4, 0.5) is 13.2 Å². The van der Waals surface area contributed by atoms with Gasteiger partial charge in [-0.05, 0) is 68.9 Å². The van der Waals surface area contributed by atoms with Crippen LogP contribution in [0.3, 0.4) is 0 Å². The number of para-hydroxylation sites is 1. The molecule has 0 unspecified atom stereocenters. The van der Waals surface area contributed by atoms with E-state index in [1.165, 1.54) is 12.1 Å². The van der Waals surface area contributed by atoms with Crippen LogP contribution in [0.1, 0.15) is 62.8 Å². The Morgan fingerprint density at radius 2 is 1.77 bits per heavy atom. The third-order valence-electron chi connectivity index (χ3n) is 7.12. The number of rotatable bonds is 8. The number of sulfonamides is 1. The van der Waals surface area contributed by atoms with Crippen molar-refractivity contribution in [3.05, 3.63) is 29.8 Å². The van der Waals surface area contributed by atoms with E-state index in [9.17, 15) is 26.4 Å². The summed E-state index contributed by atoms with van der Waals surface area (Å²) in [7, 11) is -3.44. The van der Waals surface area contributed by atoms with E-state index < -0.39 is 22.4 Å². The Kier molecular flexibility index (Phi) is 7.97. The molecule has 0 radical (unpaired) electrons. The van der Waals surface area contributed by atoms with Gasteiger partial charge in [-0.15, -0.1) is 13.2 Å². The fraction of sp³-hybridized carbons (Fsp3) is 0.708. The van der Waals surface area contributed by atoms with E-state index in [1.54, 1.807) is 17.0 Å². The van der Waals surface area contributed by atoms with Gasteiger partial charge in [0, 0.05) is 18.5 Å². The average molecular weight is 519 g/mol. The Balaban J connectivity index is 1.37. The maximum atomic E-state index is 12.9. The zero-order valence-electron chi connectivity index (χ0n) is 19.8. The minimum Gasteiger partial charge on any atom is -0.405 e. The number of hydrogen-bond acceptors (Lipinski definition) is 5. The minimum absolute atomic E-state index is 0.0314. The molecule has 0 aromatic heterocycles. The van der Waals surface area contributed by atoms with Gasteiger partial charge in [0.25, 0.3) is 0 Å². The largest absolute Gasteiger partial charge is 0.573 e. The van der Waals surface area contributed by atoms with Gasteiger partial charge >= 0.3 is 6.36 Å². The number of carbonyl (C=O) groups is 1. The van der Waals surface area contributed by atoms with Crippen LogP contribution < -0.4 is 9.46 Å². The van der Waals surface area contributed by atoms with Crippen LogP contribution in [0.2, 0.25) is 0 Å². The molecule has 4 rings (SSSR count). The van der Waals surface area contributed by atoms with Crippen molar-refractivity contribution in [3.63, 3.8) is 0 Å². The number of alkyl halides is 3. The molecule has 1 aliphatic heterocycles. The number of nitrogens with one attached hydrogen (secondary N) is 1. The highest BCUT2D eigenvalue weighted by molar-refractivity contribution is 7.88. The number of ether oxygens (including phenoxy) is 2. The predicted octanol–water partition coefficient (Wildman–Crippen LogP) is 3.95. The molecule has 1 amide bonds. The van der Waals surface area contributed by atoms with E-state index in [0.29, 0.717) is 44.2 Å². The molecule has 3 fully saturated rings. The lowest BCUT2D eigenvalue weighted by Crippen LogP contribution is -2.59. The highest BCUT2D eigenvalue weighted by atomic mass is 32.2. The second-order valence-electron chi connectivity index (χ2n) is 9.90. The summed E-state index contributed by atoms with van der Waals surface area (Å²) in [5.74, 6) is -0.112. The number of piperidine rings is 1. The molecule has 1 aromatic rings. The van der Waals surface area contributed by atoms with Gasteiger partial charge in [-0.3, -0.25) is 4.79 Å². The number of benzene rings is 1. The summed E-state index contributed by atoms with van der Waals surface area (Å²) in [5, 5.41) is 0. The summed E-state index contributed by atoms with van der Waals surface area (Å²) < 4.78 is 75.3. The molecule has 1 heterocycles. The first-order valence-electron chi connectivity index (χ1n) is 12.2. The molecular weight excluding hydrogens is 485 g/mol. The van der Waals surface area contributed by atoms with Gasteiger partial charge in [-0.2, -0.15) is 0 Å². The van der Waals surface area contributed by atoms with Crippen molar-refractivity contribution in [2.75, 3.05) is 19.4 Å². The Morgan fingerprint density at radius 3 is 2.40 bits per heavy atom.